The van der Waals surface area contributed by atoms with Gasteiger partial charge in [-0.3, -0.25) is 9.59 Å². The zero-order valence-electron chi connectivity index (χ0n) is 15.9. The molecule has 0 heterocycles. The molecule has 0 aliphatic heterocycles. The molecule has 0 aliphatic rings. The number of ether oxygens (including phenoxy) is 1. The standard InChI is InChI=1S/C21H36O4/c1-25-21(24)19-17-15-13-11-9-7-5-3-2-4-6-8-10-12-14-16-18-20(22)23/h4-7H,2-3,8-19H2,1H3,(H,22,23). The molecule has 144 valence electrons. The van der Waals surface area contributed by atoms with Gasteiger partial charge in [0.15, 0.2) is 0 Å². The van der Waals surface area contributed by atoms with Crippen LogP contribution in [0.3, 0.4) is 0 Å². The first-order valence-electron chi connectivity index (χ1n) is 9.75. The average molecular weight is 353 g/mol. The maximum Gasteiger partial charge on any atom is 0.305 e. The van der Waals surface area contributed by atoms with Crippen molar-refractivity contribution in [2.24, 2.45) is 0 Å². The van der Waals surface area contributed by atoms with E-state index in [1.807, 2.05) is 0 Å². The Kier molecular flexibility index (Phi) is 17.6. The summed E-state index contributed by atoms with van der Waals surface area (Å²) >= 11 is 0. The first kappa shape index (κ1) is 23.4. The fourth-order valence-corrected chi connectivity index (χ4v) is 2.54. The summed E-state index contributed by atoms with van der Waals surface area (Å²) in [7, 11) is 1.44. The lowest BCUT2D eigenvalue weighted by atomic mass is 10.1. The third-order valence-electron chi connectivity index (χ3n) is 4.07. The van der Waals surface area contributed by atoms with E-state index in [0.29, 0.717) is 12.8 Å². The summed E-state index contributed by atoms with van der Waals surface area (Å²) in [6, 6.07) is 0. The molecule has 0 unspecified atom stereocenters. The van der Waals surface area contributed by atoms with Crippen LogP contribution in [-0.2, 0) is 14.3 Å². The van der Waals surface area contributed by atoms with Gasteiger partial charge in [0.05, 0.1) is 7.11 Å². The van der Waals surface area contributed by atoms with Crippen molar-refractivity contribution in [1.29, 1.82) is 0 Å². The summed E-state index contributed by atoms with van der Waals surface area (Å²) in [6.45, 7) is 0. The number of carbonyl (C=O) groups excluding carboxylic acids is 1. The average Bonchev–Trinajstić information content (AvgIpc) is 2.60. The molecule has 0 amide bonds. The first-order valence-corrected chi connectivity index (χ1v) is 9.75. The molecule has 0 spiro atoms. The van der Waals surface area contributed by atoms with Gasteiger partial charge in [-0.2, -0.15) is 0 Å². The van der Waals surface area contributed by atoms with Crippen LogP contribution in [0.1, 0.15) is 89.9 Å². The van der Waals surface area contributed by atoms with Crippen molar-refractivity contribution in [3.8, 4) is 0 Å². The molecule has 0 aromatic carbocycles. The molecule has 0 aromatic heterocycles. The Labute approximate surface area is 153 Å². The largest absolute Gasteiger partial charge is 0.481 e. The zero-order chi connectivity index (χ0) is 18.6. The van der Waals surface area contributed by atoms with Crippen molar-refractivity contribution in [3.63, 3.8) is 0 Å². The lowest BCUT2D eigenvalue weighted by Gasteiger charge is -1.99. The van der Waals surface area contributed by atoms with E-state index < -0.39 is 5.97 Å². The molecular weight excluding hydrogens is 316 g/mol. The quantitative estimate of drug-likeness (QED) is 0.203. The Balaban J connectivity index is 3.24. The van der Waals surface area contributed by atoms with E-state index in [9.17, 15) is 9.59 Å². The molecule has 0 radical (unpaired) electrons. The van der Waals surface area contributed by atoms with E-state index in [1.165, 1.54) is 20.0 Å². The lowest BCUT2D eigenvalue weighted by Crippen LogP contribution is -1.98. The van der Waals surface area contributed by atoms with E-state index >= 15 is 0 Å². The fourth-order valence-electron chi connectivity index (χ4n) is 2.54. The predicted octanol–water partition coefficient (Wildman–Crippen LogP) is 5.82. The van der Waals surface area contributed by atoms with Crippen LogP contribution in [0.25, 0.3) is 0 Å². The van der Waals surface area contributed by atoms with Crippen LogP contribution in [0, 0.1) is 0 Å². The van der Waals surface area contributed by atoms with Gasteiger partial charge < -0.3 is 9.84 Å². The van der Waals surface area contributed by atoms with Crippen molar-refractivity contribution < 1.29 is 19.4 Å². The number of carboxylic acids is 1. The van der Waals surface area contributed by atoms with Gasteiger partial charge >= 0.3 is 11.9 Å². The zero-order valence-corrected chi connectivity index (χ0v) is 15.9. The minimum atomic E-state index is -0.688. The molecule has 25 heavy (non-hydrogen) atoms. The monoisotopic (exact) mass is 352 g/mol. The van der Waals surface area contributed by atoms with E-state index in [-0.39, 0.29) is 5.97 Å². The predicted molar refractivity (Wildman–Crippen MR) is 103 cm³/mol. The molecule has 0 fully saturated rings. The Bertz CT molecular complexity index is 385. The number of hydrogen-bond donors (Lipinski definition) is 1. The van der Waals surface area contributed by atoms with Crippen LogP contribution in [0.2, 0.25) is 0 Å². The van der Waals surface area contributed by atoms with E-state index in [4.69, 9.17) is 5.11 Å². The number of carboxylic acid groups (broad SMARTS) is 1. The normalized spacial score (nSPS) is 11.4. The van der Waals surface area contributed by atoms with Crippen LogP contribution < -0.4 is 0 Å². The van der Waals surface area contributed by atoms with Crippen molar-refractivity contribution >= 4 is 11.9 Å². The second-order valence-electron chi connectivity index (χ2n) is 6.40. The Morgan fingerprint density at radius 3 is 1.60 bits per heavy atom. The minimum Gasteiger partial charge on any atom is -0.481 e. The molecule has 0 atom stereocenters. The molecule has 0 saturated heterocycles. The van der Waals surface area contributed by atoms with Crippen LogP contribution in [0.4, 0.5) is 0 Å². The summed E-state index contributed by atoms with van der Waals surface area (Å²) < 4.78 is 4.61. The van der Waals surface area contributed by atoms with Crippen LogP contribution in [0.15, 0.2) is 24.3 Å². The van der Waals surface area contributed by atoms with Crippen molar-refractivity contribution in [3.05, 3.63) is 24.3 Å². The third kappa shape index (κ3) is 20.4. The number of methoxy groups -OCH3 is 1. The first-order chi connectivity index (χ1) is 12.2. The van der Waals surface area contributed by atoms with Crippen molar-refractivity contribution in [2.75, 3.05) is 7.11 Å². The molecule has 4 nitrogen and oxygen atoms in total. The van der Waals surface area contributed by atoms with Crippen molar-refractivity contribution in [1.82, 2.24) is 0 Å². The maximum absolute atomic E-state index is 10.9. The highest BCUT2D eigenvalue weighted by Gasteiger charge is 1.98. The van der Waals surface area contributed by atoms with Gasteiger partial charge in [-0.15, -0.1) is 0 Å². The third-order valence-corrected chi connectivity index (χ3v) is 4.07. The summed E-state index contributed by atoms with van der Waals surface area (Å²) in [5, 5.41) is 8.53. The Morgan fingerprint density at radius 2 is 1.12 bits per heavy atom. The van der Waals surface area contributed by atoms with Gasteiger partial charge in [0.1, 0.15) is 0 Å². The molecule has 0 bridgehead atoms. The summed E-state index contributed by atoms with van der Waals surface area (Å²) in [4.78, 5) is 21.3. The van der Waals surface area contributed by atoms with Gasteiger partial charge in [-0.1, -0.05) is 50.0 Å². The van der Waals surface area contributed by atoms with Gasteiger partial charge in [-0.25, -0.2) is 0 Å². The molecule has 0 saturated carbocycles. The smallest absolute Gasteiger partial charge is 0.305 e. The second kappa shape index (κ2) is 18.8. The number of unbranched alkanes of at least 4 members (excludes halogenated alkanes) is 9. The van der Waals surface area contributed by atoms with Gasteiger partial charge in [0, 0.05) is 12.8 Å². The van der Waals surface area contributed by atoms with E-state index in [0.717, 1.165) is 64.2 Å². The van der Waals surface area contributed by atoms with Gasteiger partial charge in [0.2, 0.25) is 0 Å². The number of carbonyl (C=O) groups is 2. The highest BCUT2D eigenvalue weighted by molar-refractivity contribution is 5.69. The topological polar surface area (TPSA) is 63.6 Å². The highest BCUT2D eigenvalue weighted by Crippen LogP contribution is 2.08. The van der Waals surface area contributed by atoms with Crippen molar-refractivity contribution in [2.45, 2.75) is 89.9 Å². The highest BCUT2D eigenvalue weighted by atomic mass is 16.5. The number of esters is 1. The van der Waals surface area contributed by atoms with Crippen LogP contribution in [0.5, 0.6) is 0 Å². The summed E-state index contributed by atoms with van der Waals surface area (Å²) in [5.41, 5.74) is 0. The van der Waals surface area contributed by atoms with Gasteiger partial charge in [-0.05, 0) is 51.4 Å². The lowest BCUT2D eigenvalue weighted by molar-refractivity contribution is -0.141. The molecule has 0 aromatic rings. The summed E-state index contributed by atoms with van der Waals surface area (Å²) in [5.74, 6) is -0.794. The molecule has 1 N–H and O–H groups in total. The number of allylic oxidation sites excluding steroid dienone is 4. The molecule has 0 aliphatic carbocycles. The fraction of sp³-hybridized carbons (Fsp3) is 0.714. The molecule has 4 heteroatoms. The molecular formula is C21H36O4. The van der Waals surface area contributed by atoms with Gasteiger partial charge in [0.25, 0.3) is 0 Å². The number of hydrogen-bond acceptors (Lipinski definition) is 3. The van der Waals surface area contributed by atoms with E-state index in [2.05, 4.69) is 29.0 Å². The summed E-state index contributed by atoms with van der Waals surface area (Å²) in [6.07, 6.45) is 22.7. The van der Waals surface area contributed by atoms with Crippen LogP contribution in [-0.4, -0.2) is 24.2 Å². The second-order valence-corrected chi connectivity index (χ2v) is 6.40. The SMILES string of the molecule is COC(=O)CCCCCCC=CCCC=CCCCCCCC(=O)O. The Hall–Kier alpha value is -1.58. The number of aliphatic carboxylic acids is 1. The Morgan fingerprint density at radius 1 is 0.680 bits per heavy atom. The maximum atomic E-state index is 10.9. The van der Waals surface area contributed by atoms with E-state index in [1.54, 1.807) is 0 Å². The molecule has 0 rings (SSSR count). The number of rotatable bonds is 17. The van der Waals surface area contributed by atoms with Crippen LogP contribution >= 0.6 is 0 Å². The minimum absolute atomic E-state index is 0.105.